The molecule has 0 aliphatic heterocycles. The highest BCUT2D eigenvalue weighted by atomic mass is 32.1. The maximum atomic E-state index is 12.5. The number of carbonyl (C=O) groups excluding carboxylic acids is 1. The van der Waals surface area contributed by atoms with Gasteiger partial charge in [-0.05, 0) is 36.8 Å². The third kappa shape index (κ3) is 4.21. The molecule has 2 N–H and O–H groups in total. The van der Waals surface area contributed by atoms with Crippen molar-refractivity contribution in [3.63, 3.8) is 0 Å². The Morgan fingerprint density at radius 2 is 1.87 bits per heavy atom. The van der Waals surface area contributed by atoms with Crippen LogP contribution < -0.4 is 10.6 Å². The summed E-state index contributed by atoms with van der Waals surface area (Å²) in [5.74, 6) is 0.106. The molecule has 1 amide bonds. The van der Waals surface area contributed by atoms with Crippen molar-refractivity contribution in [3.05, 3.63) is 58.3 Å². The molecule has 3 nitrogen and oxygen atoms in total. The van der Waals surface area contributed by atoms with Crippen LogP contribution in [-0.4, -0.2) is 18.0 Å². The van der Waals surface area contributed by atoms with E-state index in [0.29, 0.717) is 6.04 Å². The van der Waals surface area contributed by atoms with Gasteiger partial charge in [-0.25, -0.2) is 0 Å². The van der Waals surface area contributed by atoms with Gasteiger partial charge in [0.2, 0.25) is 5.91 Å². The molecule has 1 aromatic heterocycles. The number of carbonyl (C=O) groups is 1. The van der Waals surface area contributed by atoms with E-state index >= 15 is 0 Å². The lowest BCUT2D eigenvalue weighted by Crippen LogP contribution is -2.46. The highest BCUT2D eigenvalue weighted by molar-refractivity contribution is 7.10. The Morgan fingerprint density at radius 1 is 1.13 bits per heavy atom. The van der Waals surface area contributed by atoms with Gasteiger partial charge in [-0.2, -0.15) is 0 Å². The highest BCUT2D eigenvalue weighted by Crippen LogP contribution is 2.26. The quantitative estimate of drug-likeness (QED) is 0.845. The topological polar surface area (TPSA) is 41.1 Å². The Hall–Kier alpha value is -1.65. The molecule has 0 saturated heterocycles. The SMILES string of the molecule is C[C@@H](N[C@@H](c1ccccc1)c1cccs1)C(=O)NC1CCCC1. The molecule has 1 aromatic carbocycles. The van der Waals surface area contributed by atoms with Crippen molar-refractivity contribution in [1.82, 2.24) is 10.6 Å². The van der Waals surface area contributed by atoms with Crippen molar-refractivity contribution >= 4 is 17.2 Å². The third-order valence-corrected chi connectivity index (χ3v) is 5.41. The summed E-state index contributed by atoms with van der Waals surface area (Å²) in [5.41, 5.74) is 1.19. The van der Waals surface area contributed by atoms with Gasteiger partial charge in [0.15, 0.2) is 0 Å². The number of amides is 1. The van der Waals surface area contributed by atoms with Crippen molar-refractivity contribution in [2.24, 2.45) is 0 Å². The number of nitrogens with one attached hydrogen (secondary N) is 2. The van der Waals surface area contributed by atoms with Crippen molar-refractivity contribution in [2.75, 3.05) is 0 Å². The maximum Gasteiger partial charge on any atom is 0.237 e. The summed E-state index contributed by atoms with van der Waals surface area (Å²) in [6.45, 7) is 1.95. The van der Waals surface area contributed by atoms with E-state index in [4.69, 9.17) is 0 Å². The summed E-state index contributed by atoms with van der Waals surface area (Å²) in [4.78, 5) is 13.7. The molecule has 4 heteroatoms. The molecule has 0 bridgehead atoms. The summed E-state index contributed by atoms with van der Waals surface area (Å²) in [7, 11) is 0. The van der Waals surface area contributed by atoms with Crippen LogP contribution in [-0.2, 0) is 4.79 Å². The molecule has 1 fully saturated rings. The summed E-state index contributed by atoms with van der Waals surface area (Å²) in [6, 6.07) is 14.7. The first-order valence-corrected chi connectivity index (χ1v) is 9.27. The van der Waals surface area contributed by atoms with Crippen molar-refractivity contribution in [2.45, 2.75) is 50.7 Å². The van der Waals surface area contributed by atoms with E-state index in [9.17, 15) is 4.79 Å². The first-order chi connectivity index (χ1) is 11.2. The van der Waals surface area contributed by atoms with Gasteiger partial charge in [0.1, 0.15) is 0 Å². The van der Waals surface area contributed by atoms with Crippen LogP contribution >= 0.6 is 11.3 Å². The zero-order valence-electron chi connectivity index (χ0n) is 13.5. The van der Waals surface area contributed by atoms with Gasteiger partial charge in [-0.1, -0.05) is 49.2 Å². The molecule has 0 unspecified atom stereocenters. The Balaban J connectivity index is 1.69. The molecule has 2 aromatic rings. The number of hydrogen-bond donors (Lipinski definition) is 2. The fraction of sp³-hybridized carbons (Fsp3) is 0.421. The van der Waals surface area contributed by atoms with Crippen molar-refractivity contribution in [1.29, 1.82) is 0 Å². The van der Waals surface area contributed by atoms with Crippen LogP contribution in [0.4, 0.5) is 0 Å². The van der Waals surface area contributed by atoms with E-state index in [2.05, 4.69) is 40.3 Å². The molecule has 1 aliphatic carbocycles. The standard InChI is InChI=1S/C19H24N2OS/c1-14(19(22)21-16-10-5-6-11-16)20-18(17-12-7-13-23-17)15-8-3-2-4-9-15/h2-4,7-9,12-14,16,18,20H,5-6,10-11H2,1H3,(H,21,22)/t14-,18+/m1/s1. The monoisotopic (exact) mass is 328 g/mol. The second kappa shape index (κ2) is 7.75. The van der Waals surface area contributed by atoms with E-state index in [1.165, 1.54) is 23.3 Å². The molecular weight excluding hydrogens is 304 g/mol. The average molecular weight is 328 g/mol. The lowest BCUT2D eigenvalue weighted by molar-refractivity contribution is -0.123. The van der Waals surface area contributed by atoms with Crippen LogP contribution in [0.1, 0.15) is 49.1 Å². The first kappa shape index (κ1) is 16.2. The van der Waals surface area contributed by atoms with Gasteiger partial charge < -0.3 is 5.32 Å². The maximum absolute atomic E-state index is 12.5. The predicted molar refractivity (Wildman–Crippen MR) is 95.6 cm³/mol. The van der Waals surface area contributed by atoms with Crippen LogP contribution in [0, 0.1) is 0 Å². The molecular formula is C19H24N2OS. The largest absolute Gasteiger partial charge is 0.352 e. The Labute approximate surface area is 142 Å². The lowest BCUT2D eigenvalue weighted by atomic mass is 10.0. The summed E-state index contributed by atoms with van der Waals surface area (Å²) < 4.78 is 0. The Kier molecular flexibility index (Phi) is 5.47. The summed E-state index contributed by atoms with van der Waals surface area (Å²) in [6.07, 6.45) is 4.69. The molecule has 3 rings (SSSR count). The molecule has 0 spiro atoms. The minimum Gasteiger partial charge on any atom is -0.352 e. The van der Waals surface area contributed by atoms with Crippen molar-refractivity contribution < 1.29 is 4.79 Å². The lowest BCUT2D eigenvalue weighted by Gasteiger charge is -2.24. The Bertz CT molecular complexity index is 606. The zero-order valence-corrected chi connectivity index (χ0v) is 14.3. The van der Waals surface area contributed by atoms with E-state index in [0.717, 1.165) is 12.8 Å². The summed E-state index contributed by atoms with van der Waals surface area (Å²) in [5, 5.41) is 8.77. The van der Waals surface area contributed by atoms with E-state index in [1.54, 1.807) is 11.3 Å². The van der Waals surface area contributed by atoms with E-state index < -0.39 is 0 Å². The van der Waals surface area contributed by atoms with Gasteiger partial charge >= 0.3 is 0 Å². The minimum atomic E-state index is -0.220. The minimum absolute atomic E-state index is 0.0560. The van der Waals surface area contributed by atoms with Crippen LogP contribution in [0.2, 0.25) is 0 Å². The smallest absolute Gasteiger partial charge is 0.237 e. The van der Waals surface area contributed by atoms with E-state index in [1.807, 2.05) is 25.1 Å². The van der Waals surface area contributed by atoms with E-state index in [-0.39, 0.29) is 18.0 Å². The Morgan fingerprint density at radius 3 is 2.52 bits per heavy atom. The van der Waals surface area contributed by atoms with Crippen LogP contribution in [0.25, 0.3) is 0 Å². The molecule has 1 aliphatic rings. The fourth-order valence-electron chi connectivity index (χ4n) is 3.17. The van der Waals surface area contributed by atoms with Gasteiger partial charge in [-0.15, -0.1) is 11.3 Å². The molecule has 23 heavy (non-hydrogen) atoms. The van der Waals surface area contributed by atoms with Crippen molar-refractivity contribution in [3.8, 4) is 0 Å². The molecule has 122 valence electrons. The number of thiophene rings is 1. The van der Waals surface area contributed by atoms with Gasteiger partial charge in [0.25, 0.3) is 0 Å². The van der Waals surface area contributed by atoms with Crippen LogP contribution in [0.3, 0.4) is 0 Å². The molecule has 0 radical (unpaired) electrons. The molecule has 1 heterocycles. The first-order valence-electron chi connectivity index (χ1n) is 8.39. The number of rotatable bonds is 6. The molecule has 2 atom stereocenters. The zero-order chi connectivity index (χ0) is 16.1. The fourth-order valence-corrected chi connectivity index (χ4v) is 3.98. The normalized spacial score (nSPS) is 17.8. The third-order valence-electron chi connectivity index (χ3n) is 4.47. The summed E-state index contributed by atoms with van der Waals surface area (Å²) >= 11 is 1.72. The van der Waals surface area contributed by atoms with Gasteiger partial charge in [0, 0.05) is 10.9 Å². The second-order valence-corrected chi connectivity index (χ2v) is 7.22. The predicted octanol–water partition coefficient (Wildman–Crippen LogP) is 3.87. The number of benzene rings is 1. The average Bonchev–Trinajstić information content (AvgIpc) is 3.26. The van der Waals surface area contributed by atoms with Gasteiger partial charge in [0.05, 0.1) is 12.1 Å². The van der Waals surface area contributed by atoms with Crippen LogP contribution in [0.5, 0.6) is 0 Å². The second-order valence-electron chi connectivity index (χ2n) is 6.24. The highest BCUT2D eigenvalue weighted by Gasteiger charge is 2.24. The van der Waals surface area contributed by atoms with Crippen LogP contribution in [0.15, 0.2) is 47.8 Å². The molecule has 1 saturated carbocycles. The van der Waals surface area contributed by atoms with Gasteiger partial charge in [-0.3, -0.25) is 10.1 Å². The number of hydrogen-bond acceptors (Lipinski definition) is 3.